The molecule has 1 atom stereocenters. The average molecular weight is 216 g/mol. The Morgan fingerprint density at radius 1 is 1.13 bits per heavy atom. The van der Waals surface area contributed by atoms with Crippen LogP contribution in [0, 0.1) is 0 Å². The third kappa shape index (κ3) is 6.88. The molecule has 0 aromatic rings. The zero-order valence-electron chi connectivity index (χ0n) is 10.9. The molecule has 0 radical (unpaired) electrons. The molecule has 1 unspecified atom stereocenters. The number of nitrogens with one attached hydrogen (secondary N) is 1. The molecule has 15 heavy (non-hydrogen) atoms. The van der Waals surface area contributed by atoms with Gasteiger partial charge < -0.3 is 10.1 Å². The first-order chi connectivity index (χ1) is 7.29. The number of rotatable bonds is 10. The Morgan fingerprint density at radius 2 is 1.73 bits per heavy atom. The van der Waals surface area contributed by atoms with Crippen LogP contribution in [0.2, 0.25) is 0 Å². The van der Waals surface area contributed by atoms with E-state index in [2.05, 4.69) is 31.0 Å². The van der Waals surface area contributed by atoms with Crippen molar-refractivity contribution in [1.82, 2.24) is 10.2 Å². The smallest absolute Gasteiger partial charge is 0.0630 e. The summed E-state index contributed by atoms with van der Waals surface area (Å²) in [6.45, 7) is 11.9. The molecule has 0 bridgehead atoms. The molecule has 3 nitrogen and oxygen atoms in total. The summed E-state index contributed by atoms with van der Waals surface area (Å²) < 4.78 is 5.29. The van der Waals surface area contributed by atoms with Crippen LogP contribution in [0.1, 0.15) is 33.6 Å². The maximum atomic E-state index is 5.29. The summed E-state index contributed by atoms with van der Waals surface area (Å²) in [4.78, 5) is 2.53. The minimum atomic E-state index is 0.523. The fraction of sp³-hybridized carbons (Fsp3) is 1.00. The van der Waals surface area contributed by atoms with Crippen molar-refractivity contribution in [2.24, 2.45) is 0 Å². The van der Waals surface area contributed by atoms with Crippen LogP contribution in [0.5, 0.6) is 0 Å². The first-order valence-electron chi connectivity index (χ1n) is 6.23. The van der Waals surface area contributed by atoms with E-state index in [4.69, 9.17) is 4.74 Å². The molecular weight excluding hydrogens is 188 g/mol. The molecule has 1 N–H and O–H groups in total. The standard InChI is InChI=1S/C12H28N2O/c1-5-8-14(9-6-2)12(11-15-4)10-13-7-3/h12-13H,5-11H2,1-4H3. The summed E-state index contributed by atoms with van der Waals surface area (Å²) in [6.07, 6.45) is 2.43. The zero-order chi connectivity index (χ0) is 11.5. The van der Waals surface area contributed by atoms with Crippen LogP contribution in [0.15, 0.2) is 0 Å². The van der Waals surface area contributed by atoms with Gasteiger partial charge in [0.25, 0.3) is 0 Å². The van der Waals surface area contributed by atoms with Crippen molar-refractivity contribution in [2.45, 2.75) is 39.7 Å². The Morgan fingerprint density at radius 3 is 2.13 bits per heavy atom. The number of likely N-dealkylation sites (N-methyl/N-ethyl adjacent to an activating group) is 1. The topological polar surface area (TPSA) is 24.5 Å². The second-order valence-corrected chi connectivity index (χ2v) is 3.95. The third-order valence-corrected chi connectivity index (χ3v) is 2.53. The van der Waals surface area contributed by atoms with Crippen LogP contribution >= 0.6 is 0 Å². The van der Waals surface area contributed by atoms with Gasteiger partial charge in [-0.15, -0.1) is 0 Å². The van der Waals surface area contributed by atoms with Crippen LogP contribution in [0.4, 0.5) is 0 Å². The lowest BCUT2D eigenvalue weighted by Crippen LogP contribution is -2.45. The second-order valence-electron chi connectivity index (χ2n) is 3.95. The molecule has 92 valence electrons. The Labute approximate surface area is 95.2 Å². The van der Waals surface area contributed by atoms with E-state index in [1.807, 2.05) is 0 Å². The molecular formula is C12H28N2O. The quantitative estimate of drug-likeness (QED) is 0.602. The van der Waals surface area contributed by atoms with Crippen molar-refractivity contribution in [1.29, 1.82) is 0 Å². The van der Waals surface area contributed by atoms with Gasteiger partial charge in [-0.05, 0) is 32.5 Å². The van der Waals surface area contributed by atoms with E-state index in [0.717, 1.165) is 19.7 Å². The summed E-state index contributed by atoms with van der Waals surface area (Å²) in [6, 6.07) is 0.523. The first-order valence-corrected chi connectivity index (χ1v) is 6.23. The van der Waals surface area contributed by atoms with E-state index in [-0.39, 0.29) is 0 Å². The lowest BCUT2D eigenvalue weighted by molar-refractivity contribution is 0.0891. The third-order valence-electron chi connectivity index (χ3n) is 2.53. The van der Waals surface area contributed by atoms with Gasteiger partial charge in [0.1, 0.15) is 0 Å². The van der Waals surface area contributed by atoms with E-state index in [1.165, 1.54) is 25.9 Å². The van der Waals surface area contributed by atoms with Crippen molar-refractivity contribution >= 4 is 0 Å². The molecule has 0 aromatic heterocycles. The molecule has 0 aliphatic carbocycles. The van der Waals surface area contributed by atoms with Gasteiger partial charge in [-0.25, -0.2) is 0 Å². The number of hydrogen-bond donors (Lipinski definition) is 1. The summed E-state index contributed by atoms with van der Waals surface area (Å²) in [5.41, 5.74) is 0. The molecule has 3 heteroatoms. The van der Waals surface area contributed by atoms with Crippen LogP contribution in [-0.2, 0) is 4.74 Å². The van der Waals surface area contributed by atoms with Crippen molar-refractivity contribution in [3.8, 4) is 0 Å². The number of nitrogens with zero attached hydrogens (tertiary/aromatic N) is 1. The lowest BCUT2D eigenvalue weighted by Gasteiger charge is -2.31. The van der Waals surface area contributed by atoms with Crippen LogP contribution in [-0.4, -0.2) is 50.8 Å². The number of methoxy groups -OCH3 is 1. The van der Waals surface area contributed by atoms with E-state index in [1.54, 1.807) is 7.11 Å². The summed E-state index contributed by atoms with van der Waals surface area (Å²) in [7, 11) is 1.79. The molecule has 0 aliphatic rings. The second kappa shape index (κ2) is 10.4. The van der Waals surface area contributed by atoms with Gasteiger partial charge >= 0.3 is 0 Å². The predicted molar refractivity (Wildman–Crippen MR) is 66.4 cm³/mol. The average Bonchev–Trinajstić information content (AvgIpc) is 2.24. The summed E-state index contributed by atoms with van der Waals surface area (Å²) in [5.74, 6) is 0. The lowest BCUT2D eigenvalue weighted by atomic mass is 10.2. The van der Waals surface area contributed by atoms with Crippen LogP contribution in [0.3, 0.4) is 0 Å². The molecule has 0 saturated heterocycles. The monoisotopic (exact) mass is 216 g/mol. The largest absolute Gasteiger partial charge is 0.383 e. The van der Waals surface area contributed by atoms with E-state index >= 15 is 0 Å². The van der Waals surface area contributed by atoms with Gasteiger partial charge in [0.2, 0.25) is 0 Å². The molecule has 0 aliphatic heterocycles. The molecule has 0 aromatic carbocycles. The Kier molecular flexibility index (Phi) is 10.3. The van der Waals surface area contributed by atoms with Crippen molar-refractivity contribution in [3.63, 3.8) is 0 Å². The van der Waals surface area contributed by atoms with Gasteiger partial charge in [0.15, 0.2) is 0 Å². The highest BCUT2D eigenvalue weighted by Crippen LogP contribution is 2.02. The summed E-state index contributed by atoms with van der Waals surface area (Å²) in [5, 5.41) is 3.41. The highest BCUT2D eigenvalue weighted by atomic mass is 16.5. The fourth-order valence-electron chi connectivity index (χ4n) is 1.85. The Hall–Kier alpha value is -0.120. The van der Waals surface area contributed by atoms with Crippen molar-refractivity contribution < 1.29 is 4.74 Å². The van der Waals surface area contributed by atoms with Crippen molar-refractivity contribution in [2.75, 3.05) is 39.9 Å². The van der Waals surface area contributed by atoms with Crippen LogP contribution in [0.25, 0.3) is 0 Å². The molecule has 0 amide bonds. The highest BCUT2D eigenvalue weighted by molar-refractivity contribution is 4.73. The normalized spacial score (nSPS) is 13.4. The SMILES string of the molecule is CCCN(CCC)C(CNCC)COC. The van der Waals surface area contributed by atoms with Gasteiger partial charge in [-0.2, -0.15) is 0 Å². The maximum absolute atomic E-state index is 5.29. The summed E-state index contributed by atoms with van der Waals surface area (Å²) >= 11 is 0. The minimum Gasteiger partial charge on any atom is -0.383 e. The molecule has 0 fully saturated rings. The van der Waals surface area contributed by atoms with Gasteiger partial charge in [-0.1, -0.05) is 20.8 Å². The van der Waals surface area contributed by atoms with E-state index in [9.17, 15) is 0 Å². The minimum absolute atomic E-state index is 0.523. The maximum Gasteiger partial charge on any atom is 0.0630 e. The highest BCUT2D eigenvalue weighted by Gasteiger charge is 2.15. The molecule has 0 saturated carbocycles. The Bertz CT molecular complexity index is 125. The number of ether oxygens (including phenoxy) is 1. The Balaban J connectivity index is 4.09. The van der Waals surface area contributed by atoms with E-state index in [0.29, 0.717) is 6.04 Å². The zero-order valence-corrected chi connectivity index (χ0v) is 10.9. The van der Waals surface area contributed by atoms with Crippen molar-refractivity contribution in [3.05, 3.63) is 0 Å². The number of hydrogen-bond acceptors (Lipinski definition) is 3. The predicted octanol–water partition coefficient (Wildman–Crippen LogP) is 1.73. The van der Waals surface area contributed by atoms with Gasteiger partial charge in [0.05, 0.1) is 6.61 Å². The molecule has 0 heterocycles. The first kappa shape index (κ1) is 14.9. The molecule has 0 spiro atoms. The van der Waals surface area contributed by atoms with Gasteiger partial charge in [0, 0.05) is 19.7 Å². The molecule has 0 rings (SSSR count). The fourth-order valence-corrected chi connectivity index (χ4v) is 1.85. The van der Waals surface area contributed by atoms with E-state index < -0.39 is 0 Å². The van der Waals surface area contributed by atoms with Crippen LogP contribution < -0.4 is 5.32 Å². The van der Waals surface area contributed by atoms with Gasteiger partial charge in [-0.3, -0.25) is 4.90 Å².